The van der Waals surface area contributed by atoms with E-state index in [-0.39, 0.29) is 12.0 Å². The van der Waals surface area contributed by atoms with Crippen LogP contribution in [0.25, 0.3) is 0 Å². The lowest BCUT2D eigenvalue weighted by atomic mass is 10.2. The van der Waals surface area contributed by atoms with Crippen molar-refractivity contribution in [1.82, 2.24) is 9.80 Å². The van der Waals surface area contributed by atoms with Gasteiger partial charge in [0.25, 0.3) is 0 Å². The Labute approximate surface area is 96.6 Å². The van der Waals surface area contributed by atoms with Crippen molar-refractivity contribution in [3.63, 3.8) is 0 Å². The van der Waals surface area contributed by atoms with Crippen molar-refractivity contribution in [3.05, 3.63) is 0 Å². The van der Waals surface area contributed by atoms with Crippen LogP contribution in [0, 0.1) is 11.3 Å². The fourth-order valence-electron chi connectivity index (χ4n) is 1.66. The zero-order valence-electron chi connectivity index (χ0n) is 9.98. The summed E-state index contributed by atoms with van der Waals surface area (Å²) < 4.78 is 5.25. The van der Waals surface area contributed by atoms with Crippen LogP contribution in [-0.4, -0.2) is 62.1 Å². The quantitative estimate of drug-likeness (QED) is 0.680. The van der Waals surface area contributed by atoms with Gasteiger partial charge in [0.05, 0.1) is 12.7 Å². The number of nitriles is 1. The summed E-state index contributed by atoms with van der Waals surface area (Å²) >= 11 is 0. The maximum absolute atomic E-state index is 11.3. The summed E-state index contributed by atoms with van der Waals surface area (Å²) in [7, 11) is 3.53. The average molecular weight is 225 g/mol. The molecule has 0 aromatic heterocycles. The Kier molecular flexibility index (Phi) is 5.23. The zero-order chi connectivity index (χ0) is 12.0. The topological polar surface area (TPSA) is 56.6 Å². The van der Waals surface area contributed by atoms with Crippen LogP contribution in [-0.2, 0) is 9.53 Å². The molecule has 0 radical (unpaired) electrons. The first kappa shape index (κ1) is 12.9. The predicted octanol–water partition coefficient (Wildman–Crippen LogP) is 0.0792. The van der Waals surface area contributed by atoms with E-state index in [0.29, 0.717) is 19.6 Å². The van der Waals surface area contributed by atoms with Crippen molar-refractivity contribution in [2.24, 2.45) is 0 Å². The van der Waals surface area contributed by atoms with E-state index in [9.17, 15) is 4.79 Å². The lowest BCUT2D eigenvalue weighted by Crippen LogP contribution is -2.42. The normalized spacial score (nSPS) is 21.4. The molecule has 1 amide bonds. The molecule has 0 spiro atoms. The second kappa shape index (κ2) is 6.46. The van der Waals surface area contributed by atoms with Gasteiger partial charge < -0.3 is 9.64 Å². The first-order valence-electron chi connectivity index (χ1n) is 5.57. The molecule has 0 aromatic carbocycles. The largest absolute Gasteiger partial charge is 0.361 e. The summed E-state index contributed by atoms with van der Waals surface area (Å²) in [6.07, 6.45) is 1.11. The maximum atomic E-state index is 11.3. The Morgan fingerprint density at radius 2 is 2.38 bits per heavy atom. The Hall–Kier alpha value is -1.12. The molecule has 0 bridgehead atoms. The smallest absolute Gasteiger partial charge is 0.222 e. The summed E-state index contributed by atoms with van der Waals surface area (Å²) in [5.74, 6) is 0.157. The lowest BCUT2D eigenvalue weighted by molar-refractivity contribution is -0.128. The highest BCUT2D eigenvalue weighted by Gasteiger charge is 2.19. The zero-order valence-corrected chi connectivity index (χ0v) is 9.98. The van der Waals surface area contributed by atoms with Crippen molar-refractivity contribution in [1.29, 1.82) is 5.26 Å². The monoisotopic (exact) mass is 225 g/mol. The minimum Gasteiger partial charge on any atom is -0.361 e. The van der Waals surface area contributed by atoms with Crippen LogP contribution in [0.2, 0.25) is 0 Å². The van der Waals surface area contributed by atoms with Crippen LogP contribution in [0.4, 0.5) is 0 Å². The number of amides is 1. The molecule has 1 rings (SSSR count). The van der Waals surface area contributed by atoms with Crippen molar-refractivity contribution < 1.29 is 9.53 Å². The molecule has 0 aromatic rings. The Bertz CT molecular complexity index is 273. The van der Waals surface area contributed by atoms with Crippen molar-refractivity contribution in [2.75, 3.05) is 40.3 Å². The van der Waals surface area contributed by atoms with Gasteiger partial charge in [-0.3, -0.25) is 9.69 Å². The van der Waals surface area contributed by atoms with Gasteiger partial charge in [-0.25, -0.2) is 0 Å². The fourth-order valence-corrected chi connectivity index (χ4v) is 1.66. The summed E-state index contributed by atoms with van der Waals surface area (Å²) in [6.45, 7) is 2.99. The Morgan fingerprint density at radius 3 is 3.00 bits per heavy atom. The highest BCUT2D eigenvalue weighted by atomic mass is 16.5. The van der Waals surface area contributed by atoms with Gasteiger partial charge in [-0.2, -0.15) is 5.26 Å². The number of carbonyl (C=O) groups is 1. The molecule has 1 saturated heterocycles. The van der Waals surface area contributed by atoms with Gasteiger partial charge >= 0.3 is 0 Å². The highest BCUT2D eigenvalue weighted by molar-refractivity contribution is 5.75. The van der Waals surface area contributed by atoms with Crippen LogP contribution >= 0.6 is 0 Å². The van der Waals surface area contributed by atoms with Crippen LogP contribution in [0.15, 0.2) is 0 Å². The van der Waals surface area contributed by atoms with E-state index >= 15 is 0 Å². The van der Waals surface area contributed by atoms with E-state index in [1.54, 1.807) is 19.0 Å². The summed E-state index contributed by atoms with van der Waals surface area (Å²) in [5.41, 5.74) is 0. The summed E-state index contributed by atoms with van der Waals surface area (Å²) in [6, 6.07) is 2.11. The third-order valence-electron chi connectivity index (χ3n) is 2.66. The molecule has 1 unspecified atom stereocenters. The molecule has 5 nitrogen and oxygen atoms in total. The van der Waals surface area contributed by atoms with Crippen LogP contribution in [0.5, 0.6) is 0 Å². The first-order valence-corrected chi connectivity index (χ1v) is 5.57. The van der Waals surface area contributed by atoms with E-state index in [1.165, 1.54) is 0 Å². The number of hydrogen-bond donors (Lipinski definition) is 0. The second-order valence-electron chi connectivity index (χ2n) is 4.18. The van der Waals surface area contributed by atoms with E-state index < -0.39 is 0 Å². The molecule has 0 saturated carbocycles. The highest BCUT2D eigenvalue weighted by Crippen LogP contribution is 2.06. The molecule has 1 heterocycles. The van der Waals surface area contributed by atoms with Gasteiger partial charge in [0.2, 0.25) is 5.91 Å². The molecule has 5 heteroatoms. The number of hydrogen-bond acceptors (Lipinski definition) is 4. The second-order valence-corrected chi connectivity index (χ2v) is 4.18. The minimum atomic E-state index is -0.307. The van der Waals surface area contributed by atoms with Gasteiger partial charge in [0, 0.05) is 33.6 Å². The summed E-state index contributed by atoms with van der Waals surface area (Å²) in [4.78, 5) is 15.1. The van der Waals surface area contributed by atoms with E-state index in [1.807, 2.05) is 0 Å². The Morgan fingerprint density at radius 1 is 1.62 bits per heavy atom. The maximum Gasteiger partial charge on any atom is 0.222 e. The molecule has 90 valence electrons. The molecule has 0 N–H and O–H groups in total. The number of ether oxygens (including phenoxy) is 1. The van der Waals surface area contributed by atoms with Crippen molar-refractivity contribution >= 4 is 5.91 Å². The Balaban J connectivity index is 2.18. The van der Waals surface area contributed by atoms with Crippen molar-refractivity contribution in [3.8, 4) is 6.07 Å². The molecule has 1 aliphatic rings. The van der Waals surface area contributed by atoms with Crippen LogP contribution < -0.4 is 0 Å². The molecule has 1 atom stereocenters. The number of carbonyl (C=O) groups excluding carboxylic acids is 1. The fraction of sp³-hybridized carbons (Fsp3) is 0.818. The van der Waals surface area contributed by atoms with Gasteiger partial charge in [-0.15, -0.1) is 0 Å². The van der Waals surface area contributed by atoms with Gasteiger partial charge in [0.15, 0.2) is 6.10 Å². The third-order valence-corrected chi connectivity index (χ3v) is 2.66. The molecular weight excluding hydrogens is 206 g/mol. The average Bonchev–Trinajstić information content (AvgIpc) is 2.29. The predicted molar refractivity (Wildman–Crippen MR) is 59.7 cm³/mol. The third kappa shape index (κ3) is 4.17. The van der Waals surface area contributed by atoms with E-state index in [0.717, 1.165) is 19.5 Å². The van der Waals surface area contributed by atoms with Gasteiger partial charge in [0.1, 0.15) is 0 Å². The van der Waals surface area contributed by atoms with E-state index in [2.05, 4.69) is 11.0 Å². The first-order chi connectivity index (χ1) is 7.63. The van der Waals surface area contributed by atoms with Gasteiger partial charge in [-0.05, 0) is 13.0 Å². The summed E-state index contributed by atoms with van der Waals surface area (Å²) in [5, 5.41) is 8.73. The lowest BCUT2D eigenvalue weighted by Gasteiger charge is -2.29. The van der Waals surface area contributed by atoms with Crippen molar-refractivity contribution in [2.45, 2.75) is 18.9 Å². The molecule has 0 aliphatic carbocycles. The number of morpholine rings is 1. The van der Waals surface area contributed by atoms with E-state index in [4.69, 9.17) is 10.00 Å². The molecular formula is C11H19N3O2. The molecule has 16 heavy (non-hydrogen) atoms. The van der Waals surface area contributed by atoms with Crippen LogP contribution in [0.3, 0.4) is 0 Å². The standard InChI is InChI=1S/C11H19N3O2/c1-13(2)11(15)4-3-5-14-6-7-16-10(8-12)9-14/h10H,3-7,9H2,1-2H3. The molecule has 1 fully saturated rings. The number of nitrogens with zero attached hydrogens (tertiary/aromatic N) is 3. The molecule has 1 aliphatic heterocycles. The minimum absolute atomic E-state index is 0.157. The SMILES string of the molecule is CN(C)C(=O)CCCN1CCOC(C#N)C1. The number of rotatable bonds is 4. The van der Waals surface area contributed by atoms with Crippen LogP contribution in [0.1, 0.15) is 12.8 Å². The van der Waals surface area contributed by atoms with Gasteiger partial charge in [-0.1, -0.05) is 0 Å².